The first kappa shape index (κ1) is 9.20. The van der Waals surface area contributed by atoms with Crippen molar-refractivity contribution in [2.24, 2.45) is 0 Å². The van der Waals surface area contributed by atoms with Crippen molar-refractivity contribution in [3.8, 4) is 0 Å². The fourth-order valence-electron chi connectivity index (χ4n) is 1.92. The minimum atomic E-state index is 1.00. The normalized spacial score (nSPS) is 10.8. The summed E-state index contributed by atoms with van der Waals surface area (Å²) in [6.07, 6.45) is 1.00. The van der Waals surface area contributed by atoms with E-state index in [2.05, 4.69) is 31.8 Å². The van der Waals surface area contributed by atoms with Crippen LogP contribution >= 0.6 is 0 Å². The molecule has 0 atom stereocenters. The number of aromatic nitrogens is 1. The van der Waals surface area contributed by atoms with Crippen LogP contribution in [0.5, 0.6) is 0 Å². The highest BCUT2D eigenvalue weighted by molar-refractivity contribution is 5.84. The van der Waals surface area contributed by atoms with Gasteiger partial charge in [0, 0.05) is 11.1 Å². The van der Waals surface area contributed by atoms with Crippen molar-refractivity contribution in [3.63, 3.8) is 0 Å². The lowest BCUT2D eigenvalue weighted by atomic mass is 10.0. The molecule has 1 heterocycles. The van der Waals surface area contributed by atoms with E-state index in [1.807, 2.05) is 18.2 Å². The van der Waals surface area contributed by atoms with E-state index in [-0.39, 0.29) is 0 Å². The van der Waals surface area contributed by atoms with E-state index in [9.17, 15) is 0 Å². The Balaban J connectivity index is 2.86. The maximum atomic E-state index is 4.57. The van der Waals surface area contributed by atoms with Crippen LogP contribution in [0.4, 0.5) is 0 Å². The number of nitrogens with zero attached hydrogens (tertiary/aromatic N) is 1. The van der Waals surface area contributed by atoms with E-state index in [0.717, 1.165) is 23.2 Å². The SMILES string of the molecule is [CH2]c1c(CC)c(C)nc2ccccc12. The average molecular weight is 184 g/mol. The van der Waals surface area contributed by atoms with Crippen LogP contribution in [0.15, 0.2) is 24.3 Å². The Morgan fingerprint density at radius 1 is 1.29 bits per heavy atom. The van der Waals surface area contributed by atoms with E-state index in [1.54, 1.807) is 0 Å². The van der Waals surface area contributed by atoms with E-state index < -0.39 is 0 Å². The van der Waals surface area contributed by atoms with Gasteiger partial charge >= 0.3 is 0 Å². The highest BCUT2D eigenvalue weighted by Crippen LogP contribution is 2.22. The molecule has 0 spiro atoms. The molecular weight excluding hydrogens is 170 g/mol. The summed E-state index contributed by atoms with van der Waals surface area (Å²) in [6, 6.07) is 8.17. The Morgan fingerprint density at radius 2 is 2.00 bits per heavy atom. The topological polar surface area (TPSA) is 12.9 Å². The predicted molar refractivity (Wildman–Crippen MR) is 60.3 cm³/mol. The molecule has 2 aromatic rings. The molecule has 0 amide bonds. The van der Waals surface area contributed by atoms with Gasteiger partial charge in [-0.2, -0.15) is 0 Å². The second-order valence-electron chi connectivity index (χ2n) is 3.53. The molecule has 0 aliphatic rings. The maximum absolute atomic E-state index is 4.57. The van der Waals surface area contributed by atoms with Gasteiger partial charge in [0.05, 0.1) is 5.52 Å². The molecule has 0 fully saturated rings. The van der Waals surface area contributed by atoms with Crippen molar-refractivity contribution in [1.82, 2.24) is 4.98 Å². The number of hydrogen-bond acceptors (Lipinski definition) is 1. The van der Waals surface area contributed by atoms with Gasteiger partial charge in [-0.3, -0.25) is 4.98 Å². The third-order valence-corrected chi connectivity index (χ3v) is 2.67. The van der Waals surface area contributed by atoms with Crippen LogP contribution in [-0.2, 0) is 6.42 Å². The van der Waals surface area contributed by atoms with Crippen molar-refractivity contribution in [2.75, 3.05) is 0 Å². The van der Waals surface area contributed by atoms with Crippen LogP contribution in [0.2, 0.25) is 0 Å². The fraction of sp³-hybridized carbons (Fsp3) is 0.231. The zero-order valence-electron chi connectivity index (χ0n) is 8.67. The monoisotopic (exact) mass is 184 g/mol. The molecule has 1 radical (unpaired) electrons. The lowest BCUT2D eigenvalue weighted by molar-refractivity contribution is 1.06. The van der Waals surface area contributed by atoms with Gasteiger partial charge in [0.15, 0.2) is 0 Å². The van der Waals surface area contributed by atoms with Gasteiger partial charge in [0.1, 0.15) is 0 Å². The highest BCUT2D eigenvalue weighted by Gasteiger charge is 2.06. The Labute approximate surface area is 84.8 Å². The van der Waals surface area contributed by atoms with Gasteiger partial charge in [-0.15, -0.1) is 0 Å². The van der Waals surface area contributed by atoms with E-state index in [4.69, 9.17) is 0 Å². The lowest BCUT2D eigenvalue weighted by Gasteiger charge is -2.09. The number of aryl methyl sites for hydroxylation is 1. The van der Waals surface area contributed by atoms with Crippen molar-refractivity contribution in [1.29, 1.82) is 0 Å². The molecule has 1 nitrogen and oxygen atoms in total. The summed E-state index contributed by atoms with van der Waals surface area (Å²) in [5.74, 6) is 0. The minimum Gasteiger partial charge on any atom is -0.253 e. The van der Waals surface area contributed by atoms with E-state index >= 15 is 0 Å². The molecule has 1 heteroatoms. The van der Waals surface area contributed by atoms with Crippen molar-refractivity contribution >= 4 is 10.9 Å². The summed E-state index contributed by atoms with van der Waals surface area (Å²) in [4.78, 5) is 4.57. The maximum Gasteiger partial charge on any atom is 0.0708 e. The molecule has 1 aromatic heterocycles. The largest absolute Gasteiger partial charge is 0.253 e. The van der Waals surface area contributed by atoms with Crippen molar-refractivity contribution in [3.05, 3.63) is 48.0 Å². The minimum absolute atomic E-state index is 1.00. The zero-order valence-corrected chi connectivity index (χ0v) is 8.67. The molecule has 0 N–H and O–H groups in total. The number of hydrogen-bond donors (Lipinski definition) is 0. The second kappa shape index (κ2) is 3.41. The standard InChI is InChI=1S/C13H14N/c1-4-11-9(2)12-7-5-6-8-13(12)14-10(11)3/h5-8H,2,4H2,1,3H3. The third kappa shape index (κ3) is 1.29. The Hall–Kier alpha value is -1.37. The first-order valence-electron chi connectivity index (χ1n) is 4.94. The first-order valence-corrected chi connectivity index (χ1v) is 4.94. The fourth-order valence-corrected chi connectivity index (χ4v) is 1.92. The molecule has 1 aromatic carbocycles. The molecular formula is C13H14N. The van der Waals surface area contributed by atoms with Crippen molar-refractivity contribution < 1.29 is 0 Å². The zero-order chi connectivity index (χ0) is 10.1. The third-order valence-electron chi connectivity index (χ3n) is 2.67. The molecule has 0 saturated carbocycles. The Kier molecular flexibility index (Phi) is 2.24. The van der Waals surface area contributed by atoms with Crippen LogP contribution in [0, 0.1) is 13.8 Å². The Morgan fingerprint density at radius 3 is 2.71 bits per heavy atom. The molecule has 0 aliphatic carbocycles. The average Bonchev–Trinajstić information content (AvgIpc) is 2.18. The second-order valence-corrected chi connectivity index (χ2v) is 3.53. The van der Waals surface area contributed by atoms with Crippen LogP contribution in [0.3, 0.4) is 0 Å². The number of para-hydroxylation sites is 1. The summed E-state index contributed by atoms with van der Waals surface area (Å²) < 4.78 is 0. The predicted octanol–water partition coefficient (Wildman–Crippen LogP) is 3.29. The van der Waals surface area contributed by atoms with Crippen LogP contribution < -0.4 is 0 Å². The van der Waals surface area contributed by atoms with Crippen molar-refractivity contribution in [2.45, 2.75) is 20.3 Å². The number of rotatable bonds is 1. The molecule has 14 heavy (non-hydrogen) atoms. The number of benzene rings is 1. The molecule has 0 unspecified atom stereocenters. The molecule has 0 bridgehead atoms. The Bertz CT molecular complexity index is 472. The van der Waals surface area contributed by atoms with E-state index in [1.165, 1.54) is 10.9 Å². The summed E-state index contributed by atoms with van der Waals surface area (Å²) in [6.45, 7) is 8.34. The van der Waals surface area contributed by atoms with Gasteiger partial charge in [0.2, 0.25) is 0 Å². The van der Waals surface area contributed by atoms with Gasteiger partial charge < -0.3 is 0 Å². The van der Waals surface area contributed by atoms with Crippen LogP contribution in [-0.4, -0.2) is 4.98 Å². The van der Waals surface area contributed by atoms with Gasteiger partial charge in [0.25, 0.3) is 0 Å². The highest BCUT2D eigenvalue weighted by atomic mass is 14.7. The summed E-state index contributed by atoms with van der Waals surface area (Å²) in [5.41, 5.74) is 4.57. The summed E-state index contributed by atoms with van der Waals surface area (Å²) >= 11 is 0. The summed E-state index contributed by atoms with van der Waals surface area (Å²) in [7, 11) is 0. The van der Waals surface area contributed by atoms with Crippen LogP contribution in [0.25, 0.3) is 10.9 Å². The summed E-state index contributed by atoms with van der Waals surface area (Å²) in [5, 5.41) is 1.18. The lowest BCUT2D eigenvalue weighted by Crippen LogP contribution is -1.96. The molecule has 2 rings (SSSR count). The van der Waals surface area contributed by atoms with Gasteiger partial charge in [-0.05, 0) is 37.5 Å². The molecule has 71 valence electrons. The molecule has 0 saturated heterocycles. The van der Waals surface area contributed by atoms with E-state index in [0.29, 0.717) is 0 Å². The van der Waals surface area contributed by atoms with Gasteiger partial charge in [-0.25, -0.2) is 0 Å². The smallest absolute Gasteiger partial charge is 0.0708 e. The number of fused-ring (bicyclic) bond motifs is 1. The van der Waals surface area contributed by atoms with Gasteiger partial charge in [-0.1, -0.05) is 25.1 Å². The first-order chi connectivity index (χ1) is 6.74. The quantitative estimate of drug-likeness (QED) is 0.662. The number of pyridine rings is 1. The molecule has 0 aliphatic heterocycles. The van der Waals surface area contributed by atoms with Crippen LogP contribution in [0.1, 0.15) is 23.7 Å².